The summed E-state index contributed by atoms with van der Waals surface area (Å²) < 4.78 is 32.2. The van der Waals surface area contributed by atoms with Gasteiger partial charge >= 0.3 is 0 Å². The number of anilines is 1. The van der Waals surface area contributed by atoms with E-state index in [4.69, 9.17) is 4.74 Å². The highest BCUT2D eigenvalue weighted by Crippen LogP contribution is 2.29. The maximum atomic E-state index is 13.9. The molecular weight excluding hydrogens is 490 g/mol. The van der Waals surface area contributed by atoms with E-state index in [9.17, 15) is 18.0 Å². The first-order valence-electron chi connectivity index (χ1n) is 12.5. The Kier molecular flexibility index (Phi) is 10.1. The topological polar surface area (TPSA) is 96.0 Å². The summed E-state index contributed by atoms with van der Waals surface area (Å²) in [6.45, 7) is 11.1. The Morgan fingerprint density at radius 3 is 2.11 bits per heavy atom. The molecule has 0 saturated heterocycles. The molecule has 0 aliphatic carbocycles. The number of nitrogens with zero attached hydrogens (tertiary/aromatic N) is 2. The van der Waals surface area contributed by atoms with Gasteiger partial charge in [-0.1, -0.05) is 51.1 Å². The van der Waals surface area contributed by atoms with Gasteiger partial charge in [0, 0.05) is 12.1 Å². The molecule has 0 aliphatic heterocycles. The average molecular weight is 532 g/mol. The molecule has 1 unspecified atom stereocenters. The van der Waals surface area contributed by atoms with Crippen LogP contribution in [0.25, 0.3) is 0 Å². The number of para-hydroxylation sites is 1. The fourth-order valence-corrected chi connectivity index (χ4v) is 4.97. The zero-order chi connectivity index (χ0) is 28.0. The van der Waals surface area contributed by atoms with E-state index in [1.54, 1.807) is 31.4 Å². The molecule has 1 N–H and O–H groups in total. The summed E-state index contributed by atoms with van der Waals surface area (Å²) in [5.41, 5.74) is 1.59. The number of hydrogen-bond donors (Lipinski definition) is 1. The Balaban J connectivity index is 2.52. The van der Waals surface area contributed by atoms with Crippen molar-refractivity contribution in [1.29, 1.82) is 0 Å². The molecule has 37 heavy (non-hydrogen) atoms. The van der Waals surface area contributed by atoms with Crippen LogP contribution in [0, 0.1) is 0 Å². The van der Waals surface area contributed by atoms with E-state index < -0.39 is 34.1 Å². The highest BCUT2D eigenvalue weighted by Gasteiger charge is 2.33. The van der Waals surface area contributed by atoms with E-state index in [-0.39, 0.29) is 18.4 Å². The van der Waals surface area contributed by atoms with E-state index in [1.165, 1.54) is 4.90 Å². The van der Waals surface area contributed by atoms with Crippen molar-refractivity contribution in [3.05, 3.63) is 59.7 Å². The third kappa shape index (κ3) is 8.49. The van der Waals surface area contributed by atoms with Crippen molar-refractivity contribution in [2.45, 2.75) is 72.0 Å². The van der Waals surface area contributed by atoms with Gasteiger partial charge in [-0.2, -0.15) is 0 Å². The summed E-state index contributed by atoms with van der Waals surface area (Å²) >= 11 is 0. The normalized spacial score (nSPS) is 12.7. The second-order valence-electron chi connectivity index (χ2n) is 10.5. The molecule has 2 amide bonds. The number of rotatable bonds is 11. The van der Waals surface area contributed by atoms with Crippen LogP contribution in [0.2, 0.25) is 0 Å². The van der Waals surface area contributed by atoms with Crippen LogP contribution in [0.15, 0.2) is 48.5 Å². The molecule has 0 bridgehead atoms. The van der Waals surface area contributed by atoms with Crippen LogP contribution in [0.1, 0.15) is 65.0 Å². The van der Waals surface area contributed by atoms with Gasteiger partial charge in [-0.25, -0.2) is 8.42 Å². The quantitative estimate of drug-likeness (QED) is 0.466. The van der Waals surface area contributed by atoms with Crippen LogP contribution in [0.4, 0.5) is 5.69 Å². The predicted octanol–water partition coefficient (Wildman–Crippen LogP) is 4.31. The zero-order valence-corrected chi connectivity index (χ0v) is 24.1. The number of amides is 2. The van der Waals surface area contributed by atoms with Gasteiger partial charge in [0.25, 0.3) is 0 Å². The molecule has 0 spiro atoms. The minimum atomic E-state index is -3.80. The minimum absolute atomic E-state index is 0.0481. The first-order valence-corrected chi connectivity index (χ1v) is 14.3. The highest BCUT2D eigenvalue weighted by atomic mass is 32.2. The van der Waals surface area contributed by atoms with Crippen molar-refractivity contribution in [3.63, 3.8) is 0 Å². The van der Waals surface area contributed by atoms with E-state index in [2.05, 4.69) is 5.32 Å². The lowest BCUT2D eigenvalue weighted by atomic mass is 10.0. The maximum absolute atomic E-state index is 13.9. The first kappa shape index (κ1) is 30.2. The van der Waals surface area contributed by atoms with Gasteiger partial charge in [0.05, 0.1) is 19.1 Å². The summed E-state index contributed by atoms with van der Waals surface area (Å²) in [5.74, 6) is -0.0272. The van der Waals surface area contributed by atoms with Gasteiger partial charge in [-0.05, 0) is 62.4 Å². The molecule has 1 atom stereocenters. The smallest absolute Gasteiger partial charge is 0.244 e. The average Bonchev–Trinajstić information content (AvgIpc) is 2.80. The lowest BCUT2D eigenvalue weighted by Crippen LogP contribution is -2.55. The Morgan fingerprint density at radius 1 is 1.03 bits per heavy atom. The van der Waals surface area contributed by atoms with E-state index in [0.29, 0.717) is 17.9 Å². The highest BCUT2D eigenvalue weighted by molar-refractivity contribution is 7.92. The zero-order valence-electron chi connectivity index (χ0n) is 23.2. The van der Waals surface area contributed by atoms with Crippen molar-refractivity contribution in [2.24, 2.45) is 0 Å². The fraction of sp³-hybridized carbons (Fsp3) is 0.500. The van der Waals surface area contributed by atoms with Crippen molar-refractivity contribution in [3.8, 4) is 5.75 Å². The SMILES string of the molecule is CCC(C(=O)NC(C)(C)C)N(Cc1ccc(OC)cc1)C(=O)CN(c1ccccc1C(C)C)S(C)(=O)=O. The molecule has 2 aromatic carbocycles. The minimum Gasteiger partial charge on any atom is -0.497 e. The van der Waals surface area contributed by atoms with Crippen LogP contribution in [-0.4, -0.2) is 56.6 Å². The number of sulfonamides is 1. The third-order valence-electron chi connectivity index (χ3n) is 5.90. The monoisotopic (exact) mass is 531 g/mol. The number of methoxy groups -OCH3 is 1. The second-order valence-corrected chi connectivity index (χ2v) is 12.4. The van der Waals surface area contributed by atoms with Crippen molar-refractivity contribution < 1.29 is 22.7 Å². The number of carbonyl (C=O) groups is 2. The summed E-state index contributed by atoms with van der Waals surface area (Å²) in [6, 6.07) is 13.6. The van der Waals surface area contributed by atoms with E-state index in [1.807, 2.05) is 65.8 Å². The first-order chi connectivity index (χ1) is 17.2. The molecule has 0 heterocycles. The summed E-state index contributed by atoms with van der Waals surface area (Å²) in [5, 5.41) is 2.96. The van der Waals surface area contributed by atoms with Gasteiger partial charge in [-0.3, -0.25) is 13.9 Å². The Hall–Kier alpha value is -3.07. The third-order valence-corrected chi connectivity index (χ3v) is 7.03. The van der Waals surface area contributed by atoms with Gasteiger partial charge in [0.15, 0.2) is 0 Å². The van der Waals surface area contributed by atoms with Gasteiger partial charge < -0.3 is 15.0 Å². The molecule has 0 saturated carbocycles. The van der Waals surface area contributed by atoms with E-state index in [0.717, 1.165) is 21.7 Å². The fourth-order valence-electron chi connectivity index (χ4n) is 4.10. The summed E-state index contributed by atoms with van der Waals surface area (Å²) in [6.07, 6.45) is 1.46. The Morgan fingerprint density at radius 2 is 1.62 bits per heavy atom. The number of ether oxygens (including phenoxy) is 1. The predicted molar refractivity (Wildman–Crippen MR) is 148 cm³/mol. The standard InChI is InChI=1S/C28H41N3O5S/c1-9-24(27(33)29-28(4,5)6)30(18-21-14-16-22(36-7)17-15-21)26(32)19-31(37(8,34)35)25-13-11-10-12-23(25)20(2)3/h10-17,20,24H,9,18-19H2,1-8H3,(H,29,33). The van der Waals surface area contributed by atoms with Crippen LogP contribution < -0.4 is 14.4 Å². The largest absolute Gasteiger partial charge is 0.497 e. The molecule has 204 valence electrons. The molecule has 0 fully saturated rings. The molecule has 0 aromatic heterocycles. The van der Waals surface area contributed by atoms with Crippen LogP contribution in [0.3, 0.4) is 0 Å². The van der Waals surface area contributed by atoms with Gasteiger partial charge in [0.2, 0.25) is 21.8 Å². The van der Waals surface area contributed by atoms with Crippen molar-refractivity contribution in [2.75, 3.05) is 24.2 Å². The van der Waals surface area contributed by atoms with E-state index >= 15 is 0 Å². The number of hydrogen-bond acceptors (Lipinski definition) is 5. The van der Waals surface area contributed by atoms with Crippen molar-refractivity contribution in [1.82, 2.24) is 10.2 Å². The molecule has 0 aliphatic rings. The number of benzene rings is 2. The molecule has 8 nitrogen and oxygen atoms in total. The van der Waals surface area contributed by atoms with Crippen LogP contribution in [-0.2, 0) is 26.2 Å². The molecule has 9 heteroatoms. The molecule has 2 aromatic rings. The van der Waals surface area contributed by atoms with Crippen molar-refractivity contribution >= 4 is 27.5 Å². The summed E-state index contributed by atoms with van der Waals surface area (Å²) in [7, 11) is -2.22. The number of nitrogens with one attached hydrogen (secondary N) is 1. The van der Waals surface area contributed by atoms with Crippen LogP contribution in [0.5, 0.6) is 5.75 Å². The molecule has 2 rings (SSSR count). The summed E-state index contributed by atoms with van der Waals surface area (Å²) in [4.78, 5) is 28.6. The lowest BCUT2D eigenvalue weighted by Gasteiger charge is -2.35. The Bertz CT molecular complexity index is 1170. The number of carbonyl (C=O) groups excluding carboxylic acids is 2. The lowest BCUT2D eigenvalue weighted by molar-refractivity contribution is -0.141. The van der Waals surface area contributed by atoms with Crippen LogP contribution >= 0.6 is 0 Å². The molecule has 0 radical (unpaired) electrons. The molecular formula is C28H41N3O5S. The Labute approximate surface area is 222 Å². The van der Waals surface area contributed by atoms with Gasteiger partial charge in [0.1, 0.15) is 18.3 Å². The second kappa shape index (κ2) is 12.4. The maximum Gasteiger partial charge on any atom is 0.244 e. The van der Waals surface area contributed by atoms with Gasteiger partial charge in [-0.15, -0.1) is 0 Å².